The predicted octanol–water partition coefficient (Wildman–Crippen LogP) is 3.89. The molecule has 1 aromatic heterocycles. The summed E-state index contributed by atoms with van der Waals surface area (Å²) in [5.41, 5.74) is -1.000. The highest BCUT2D eigenvalue weighted by Crippen LogP contribution is 2.46. The van der Waals surface area contributed by atoms with Gasteiger partial charge in [-0.3, -0.25) is 4.99 Å². The third-order valence-corrected chi connectivity index (χ3v) is 4.33. The summed E-state index contributed by atoms with van der Waals surface area (Å²) in [5, 5.41) is 7.78. The first-order valence-corrected chi connectivity index (χ1v) is 7.68. The van der Waals surface area contributed by atoms with Crippen molar-refractivity contribution in [1.29, 1.82) is 0 Å². The molecule has 0 saturated carbocycles. The maximum absolute atomic E-state index is 14.8. The number of fused-ring (bicyclic) bond motifs is 2. The highest BCUT2D eigenvalue weighted by atomic mass is 19.3. The van der Waals surface area contributed by atoms with E-state index in [0.717, 1.165) is 0 Å². The predicted molar refractivity (Wildman–Crippen MR) is 87.3 cm³/mol. The molecule has 1 aliphatic rings. The lowest BCUT2D eigenvalue weighted by Gasteiger charge is -2.36. The first-order chi connectivity index (χ1) is 11.8. The smallest absolute Gasteiger partial charge is 0.268 e. The van der Waals surface area contributed by atoms with Gasteiger partial charge in [0.15, 0.2) is 5.82 Å². The number of nitrogens with zero attached hydrogens (tertiary/aromatic N) is 4. The van der Waals surface area contributed by atoms with Gasteiger partial charge in [-0.2, -0.15) is 8.78 Å². The minimum atomic E-state index is -3.14. The molecule has 0 fully saturated rings. The average molecular weight is 342 g/mol. The van der Waals surface area contributed by atoms with E-state index in [9.17, 15) is 13.2 Å². The standard InChI is InChI=1S/C18H13F3N4/c1-17(2)18(20,21)11-7-4-3-6-10(11)14(23-17)16-22-13-9-5-8-12(19)15(13)24-25-16/h3-9H,1-2H3. The third kappa shape index (κ3) is 2.22. The third-order valence-electron chi connectivity index (χ3n) is 4.33. The molecule has 7 heteroatoms. The molecule has 0 spiro atoms. The van der Waals surface area contributed by atoms with E-state index in [1.54, 1.807) is 24.3 Å². The van der Waals surface area contributed by atoms with Gasteiger partial charge < -0.3 is 0 Å². The maximum Gasteiger partial charge on any atom is 0.297 e. The van der Waals surface area contributed by atoms with Crippen LogP contribution in [-0.2, 0) is 5.92 Å². The Morgan fingerprint density at radius 3 is 2.48 bits per heavy atom. The molecule has 0 N–H and O–H groups in total. The first-order valence-electron chi connectivity index (χ1n) is 7.68. The summed E-state index contributed by atoms with van der Waals surface area (Å²) in [6.07, 6.45) is 0. The van der Waals surface area contributed by atoms with Crippen LogP contribution in [0.2, 0.25) is 0 Å². The van der Waals surface area contributed by atoms with E-state index in [1.165, 1.54) is 32.0 Å². The van der Waals surface area contributed by atoms with Crippen LogP contribution < -0.4 is 0 Å². The zero-order valence-electron chi connectivity index (χ0n) is 13.5. The Kier molecular flexibility index (Phi) is 3.19. The van der Waals surface area contributed by atoms with Crippen molar-refractivity contribution in [3.8, 4) is 0 Å². The van der Waals surface area contributed by atoms with E-state index in [1.807, 2.05) is 0 Å². The summed E-state index contributed by atoms with van der Waals surface area (Å²) in [4.78, 5) is 8.50. The monoisotopic (exact) mass is 342 g/mol. The zero-order chi connectivity index (χ0) is 17.8. The molecule has 0 radical (unpaired) electrons. The molecule has 2 aromatic carbocycles. The maximum atomic E-state index is 14.8. The van der Waals surface area contributed by atoms with E-state index >= 15 is 0 Å². The first kappa shape index (κ1) is 15.7. The molecule has 4 rings (SSSR count). The SMILES string of the molecule is CC1(C)N=C(c2nnc3c(F)cccc3n2)c2ccccc2C1(F)F. The van der Waals surface area contributed by atoms with Crippen LogP contribution in [0.3, 0.4) is 0 Å². The van der Waals surface area contributed by atoms with Gasteiger partial charge in [0.05, 0.1) is 5.52 Å². The summed E-state index contributed by atoms with van der Waals surface area (Å²) in [7, 11) is 0. The summed E-state index contributed by atoms with van der Waals surface area (Å²) in [6.45, 7) is 2.72. The van der Waals surface area contributed by atoms with Gasteiger partial charge in [-0.15, -0.1) is 10.2 Å². The summed E-state index contributed by atoms with van der Waals surface area (Å²) in [5.74, 6) is -3.58. The largest absolute Gasteiger partial charge is 0.297 e. The van der Waals surface area contributed by atoms with Crippen LogP contribution in [0, 0.1) is 5.82 Å². The number of alkyl halides is 2. The Balaban J connectivity index is 1.97. The van der Waals surface area contributed by atoms with Crippen molar-refractivity contribution in [2.24, 2.45) is 4.99 Å². The van der Waals surface area contributed by atoms with E-state index in [4.69, 9.17) is 0 Å². The van der Waals surface area contributed by atoms with Gasteiger partial charge in [-0.05, 0) is 26.0 Å². The lowest BCUT2D eigenvalue weighted by atomic mass is 9.83. The Hall–Kier alpha value is -2.83. The van der Waals surface area contributed by atoms with Crippen molar-refractivity contribution in [2.45, 2.75) is 25.3 Å². The van der Waals surface area contributed by atoms with Gasteiger partial charge in [0, 0.05) is 11.1 Å². The molecule has 0 amide bonds. The summed E-state index contributed by atoms with van der Waals surface area (Å²) >= 11 is 0. The molecule has 25 heavy (non-hydrogen) atoms. The number of halogens is 3. The Bertz CT molecular complexity index is 1030. The highest BCUT2D eigenvalue weighted by Gasteiger charge is 2.53. The van der Waals surface area contributed by atoms with Gasteiger partial charge in [-0.1, -0.05) is 30.3 Å². The number of aromatic nitrogens is 3. The fraction of sp³-hybridized carbons (Fsp3) is 0.222. The molecule has 0 atom stereocenters. The minimum Gasteiger partial charge on any atom is -0.268 e. The Morgan fingerprint density at radius 1 is 0.920 bits per heavy atom. The summed E-state index contributed by atoms with van der Waals surface area (Å²) < 4.78 is 43.3. The quantitative estimate of drug-likeness (QED) is 0.674. The van der Waals surface area contributed by atoms with E-state index < -0.39 is 17.3 Å². The number of hydrogen-bond acceptors (Lipinski definition) is 4. The van der Waals surface area contributed by atoms with Gasteiger partial charge in [0.2, 0.25) is 5.82 Å². The minimum absolute atomic E-state index is 0.0283. The van der Waals surface area contributed by atoms with Crippen LogP contribution in [0.5, 0.6) is 0 Å². The normalized spacial score (nSPS) is 17.9. The molecule has 0 aliphatic carbocycles. The lowest BCUT2D eigenvalue weighted by molar-refractivity contribution is -0.0682. The molecule has 126 valence electrons. The van der Waals surface area contributed by atoms with Crippen molar-refractivity contribution < 1.29 is 13.2 Å². The average Bonchev–Trinajstić information content (AvgIpc) is 2.58. The van der Waals surface area contributed by atoms with E-state index in [2.05, 4.69) is 20.2 Å². The molecule has 4 nitrogen and oxygen atoms in total. The zero-order valence-corrected chi connectivity index (χ0v) is 13.5. The number of rotatable bonds is 1. The molecule has 3 aromatic rings. The second-order valence-corrected chi connectivity index (χ2v) is 6.38. The number of aliphatic imine (C=N–C) groups is 1. The van der Waals surface area contributed by atoms with Gasteiger partial charge in [0.1, 0.15) is 16.8 Å². The van der Waals surface area contributed by atoms with Crippen molar-refractivity contribution in [3.63, 3.8) is 0 Å². The van der Waals surface area contributed by atoms with Gasteiger partial charge in [-0.25, -0.2) is 9.37 Å². The fourth-order valence-corrected chi connectivity index (χ4v) is 2.90. The fourth-order valence-electron chi connectivity index (χ4n) is 2.90. The van der Waals surface area contributed by atoms with Gasteiger partial charge in [0.25, 0.3) is 5.92 Å². The molecule has 0 bridgehead atoms. The second kappa shape index (κ2) is 5.08. The summed E-state index contributed by atoms with van der Waals surface area (Å²) in [6, 6.07) is 10.5. The van der Waals surface area contributed by atoms with Crippen LogP contribution in [0.25, 0.3) is 11.0 Å². The van der Waals surface area contributed by atoms with Crippen molar-refractivity contribution in [3.05, 3.63) is 65.2 Å². The van der Waals surface area contributed by atoms with E-state index in [0.29, 0.717) is 5.52 Å². The molecule has 0 unspecified atom stereocenters. The van der Waals surface area contributed by atoms with Crippen LogP contribution in [0.4, 0.5) is 13.2 Å². The van der Waals surface area contributed by atoms with Crippen molar-refractivity contribution in [1.82, 2.24) is 15.2 Å². The van der Waals surface area contributed by atoms with Gasteiger partial charge >= 0.3 is 0 Å². The van der Waals surface area contributed by atoms with Crippen LogP contribution in [0.15, 0.2) is 47.5 Å². The topological polar surface area (TPSA) is 51.0 Å². The number of benzene rings is 2. The van der Waals surface area contributed by atoms with Crippen LogP contribution in [0.1, 0.15) is 30.8 Å². The van der Waals surface area contributed by atoms with Crippen molar-refractivity contribution in [2.75, 3.05) is 0 Å². The Morgan fingerprint density at radius 2 is 1.68 bits per heavy atom. The molecule has 2 heterocycles. The molecule has 0 saturated heterocycles. The van der Waals surface area contributed by atoms with Crippen molar-refractivity contribution >= 4 is 16.7 Å². The lowest BCUT2D eigenvalue weighted by Crippen LogP contribution is -2.44. The molecule has 1 aliphatic heterocycles. The second-order valence-electron chi connectivity index (χ2n) is 6.38. The number of hydrogen-bond donors (Lipinski definition) is 0. The molecular weight excluding hydrogens is 329 g/mol. The Labute approximate surface area is 141 Å². The van der Waals surface area contributed by atoms with Crippen LogP contribution in [-0.4, -0.2) is 26.4 Å². The molecular formula is C18H13F3N4. The van der Waals surface area contributed by atoms with E-state index in [-0.39, 0.29) is 28.2 Å². The van der Waals surface area contributed by atoms with Crippen LogP contribution >= 0.6 is 0 Å². The highest BCUT2D eigenvalue weighted by molar-refractivity contribution is 6.13.